The quantitative estimate of drug-likeness (QED) is 0.511. The van der Waals surface area contributed by atoms with Crippen LogP contribution < -0.4 is 56.8 Å². The Kier molecular flexibility index (Phi) is 6.47. The number of hydrogen-bond donors (Lipinski definition) is 0. The van der Waals surface area contributed by atoms with Crippen molar-refractivity contribution in [1.29, 1.82) is 0 Å². The minimum absolute atomic E-state index is 0. The third-order valence-corrected chi connectivity index (χ3v) is 2.16. The average molecular weight is 277 g/mol. The third-order valence-electron chi connectivity index (χ3n) is 1.55. The van der Waals surface area contributed by atoms with Crippen molar-refractivity contribution in [1.82, 2.24) is 0 Å². The van der Waals surface area contributed by atoms with Gasteiger partial charge in [0.15, 0.2) is 0 Å². The van der Waals surface area contributed by atoms with Crippen molar-refractivity contribution < 1.29 is 64.3 Å². The summed E-state index contributed by atoms with van der Waals surface area (Å²) in [4.78, 5) is 0. The monoisotopic (exact) mass is 276 g/mol. The predicted octanol–water partition coefficient (Wildman–Crippen LogP) is -0.360. The van der Waals surface area contributed by atoms with E-state index in [2.05, 4.69) is 15.9 Å². The van der Waals surface area contributed by atoms with Crippen LogP contribution in [0.25, 0.3) is 0 Å². The molecule has 0 heterocycles. The Morgan fingerprint density at radius 1 is 1.15 bits per heavy atom. The molecule has 0 N–H and O–H groups in total. The molecular formula is C7H6BBrF3K. The summed E-state index contributed by atoms with van der Waals surface area (Å²) in [6.07, 6.45) is 0. The minimum atomic E-state index is -4.87. The van der Waals surface area contributed by atoms with Crippen molar-refractivity contribution in [2.24, 2.45) is 0 Å². The molecule has 0 atom stereocenters. The maximum Gasteiger partial charge on any atom is 1.00 e. The molecule has 0 aliphatic carbocycles. The SMILES string of the molecule is F[B-](F)(F)c1ccccc1CBr.[K+]. The minimum Gasteiger partial charge on any atom is -0.445 e. The van der Waals surface area contributed by atoms with E-state index in [4.69, 9.17) is 0 Å². The molecule has 66 valence electrons. The second kappa shape index (κ2) is 5.92. The molecule has 13 heavy (non-hydrogen) atoms. The molecule has 0 aromatic heterocycles. The summed E-state index contributed by atoms with van der Waals surface area (Å²) >= 11 is 3.01. The number of hydrogen-bond acceptors (Lipinski definition) is 0. The normalized spacial score (nSPS) is 10.8. The van der Waals surface area contributed by atoms with Gasteiger partial charge in [0.2, 0.25) is 0 Å². The average Bonchev–Trinajstić information content (AvgIpc) is 2.03. The summed E-state index contributed by atoms with van der Waals surface area (Å²) in [7, 11) is 0. The maximum absolute atomic E-state index is 12.3. The van der Waals surface area contributed by atoms with Crippen LogP contribution in [0.2, 0.25) is 0 Å². The van der Waals surface area contributed by atoms with E-state index < -0.39 is 12.4 Å². The van der Waals surface area contributed by atoms with Crippen LogP contribution in [0.15, 0.2) is 24.3 Å². The molecule has 0 radical (unpaired) electrons. The first-order valence-corrected chi connectivity index (χ1v) is 4.51. The van der Waals surface area contributed by atoms with Crippen molar-refractivity contribution in [2.45, 2.75) is 5.33 Å². The van der Waals surface area contributed by atoms with E-state index in [1.165, 1.54) is 12.1 Å². The van der Waals surface area contributed by atoms with Crippen molar-refractivity contribution in [3.63, 3.8) is 0 Å². The topological polar surface area (TPSA) is 0 Å². The number of benzene rings is 1. The second-order valence-corrected chi connectivity index (χ2v) is 2.97. The zero-order valence-corrected chi connectivity index (χ0v) is 11.8. The van der Waals surface area contributed by atoms with Crippen LogP contribution in [-0.4, -0.2) is 6.98 Å². The standard InChI is InChI=1S/C7H6BBrF3.K/c9-5-6-3-1-2-4-7(6)8(10,11)12;/h1-4H,5H2;/q-1;+1. The first-order chi connectivity index (χ1) is 5.55. The summed E-state index contributed by atoms with van der Waals surface area (Å²) in [5, 5.41) is 0.241. The van der Waals surface area contributed by atoms with Gasteiger partial charge >= 0.3 is 58.4 Å². The van der Waals surface area contributed by atoms with Gasteiger partial charge < -0.3 is 12.9 Å². The summed E-state index contributed by atoms with van der Waals surface area (Å²) < 4.78 is 36.8. The van der Waals surface area contributed by atoms with E-state index >= 15 is 0 Å². The fourth-order valence-electron chi connectivity index (χ4n) is 0.975. The van der Waals surface area contributed by atoms with Crippen molar-refractivity contribution >= 4 is 28.4 Å². The van der Waals surface area contributed by atoms with E-state index in [-0.39, 0.29) is 56.7 Å². The van der Waals surface area contributed by atoms with Crippen molar-refractivity contribution in [2.75, 3.05) is 0 Å². The van der Waals surface area contributed by atoms with Crippen molar-refractivity contribution in [3.05, 3.63) is 29.8 Å². The van der Waals surface area contributed by atoms with Gasteiger partial charge in [-0.15, -0.1) is 5.46 Å². The molecule has 1 aromatic rings. The fourth-order valence-corrected chi connectivity index (χ4v) is 1.49. The molecule has 1 aromatic carbocycles. The Hall–Kier alpha value is 1.19. The Morgan fingerprint density at radius 2 is 1.69 bits per heavy atom. The van der Waals surface area contributed by atoms with E-state index in [0.29, 0.717) is 5.56 Å². The van der Waals surface area contributed by atoms with Gasteiger partial charge in [-0.3, -0.25) is 0 Å². The van der Waals surface area contributed by atoms with Gasteiger partial charge in [-0.1, -0.05) is 45.8 Å². The summed E-state index contributed by atoms with van der Waals surface area (Å²) in [6, 6.07) is 5.58. The van der Waals surface area contributed by atoms with Crippen LogP contribution in [0.1, 0.15) is 5.56 Å². The molecule has 0 amide bonds. The molecule has 0 saturated carbocycles. The van der Waals surface area contributed by atoms with Crippen molar-refractivity contribution in [3.8, 4) is 0 Å². The van der Waals surface area contributed by atoms with Gasteiger partial charge in [0, 0.05) is 5.33 Å². The predicted molar refractivity (Wildman–Crippen MR) is 47.8 cm³/mol. The zero-order valence-electron chi connectivity index (χ0n) is 7.11. The van der Waals surface area contributed by atoms with Gasteiger partial charge in [0.05, 0.1) is 0 Å². The Labute approximate surface area is 126 Å². The van der Waals surface area contributed by atoms with Crippen LogP contribution in [0.4, 0.5) is 12.9 Å². The molecule has 0 unspecified atom stereocenters. The van der Waals surface area contributed by atoms with E-state index in [0.717, 1.165) is 6.07 Å². The van der Waals surface area contributed by atoms with Gasteiger partial charge in [0.1, 0.15) is 0 Å². The van der Waals surface area contributed by atoms with E-state index in [1.807, 2.05) is 0 Å². The Bertz CT molecular complexity index is 277. The fraction of sp³-hybridized carbons (Fsp3) is 0.143. The number of halogens is 4. The number of alkyl halides is 1. The Balaban J connectivity index is 0.00000144. The first-order valence-electron chi connectivity index (χ1n) is 3.39. The molecule has 6 heteroatoms. The molecule has 1 rings (SSSR count). The summed E-state index contributed by atoms with van der Waals surface area (Å²) in [6.45, 7) is -4.87. The molecule has 0 aliphatic heterocycles. The molecule has 0 fully saturated rings. The van der Waals surface area contributed by atoms with E-state index in [1.54, 1.807) is 6.07 Å². The third kappa shape index (κ3) is 4.05. The van der Waals surface area contributed by atoms with E-state index in [9.17, 15) is 12.9 Å². The Morgan fingerprint density at radius 3 is 2.08 bits per heavy atom. The smallest absolute Gasteiger partial charge is 0.445 e. The molecule has 0 bridgehead atoms. The van der Waals surface area contributed by atoms with Crippen LogP contribution in [0, 0.1) is 0 Å². The molecule has 0 nitrogen and oxygen atoms in total. The largest absolute Gasteiger partial charge is 1.00 e. The van der Waals surface area contributed by atoms with Crippen LogP contribution in [0.3, 0.4) is 0 Å². The first kappa shape index (κ1) is 14.2. The number of rotatable bonds is 2. The molecule has 0 spiro atoms. The van der Waals surface area contributed by atoms with Gasteiger partial charge in [-0.05, 0) is 0 Å². The maximum atomic E-state index is 12.3. The van der Waals surface area contributed by atoms with Gasteiger partial charge in [-0.25, -0.2) is 0 Å². The summed E-state index contributed by atoms with van der Waals surface area (Å²) in [5.41, 5.74) is -0.209. The molecular weight excluding hydrogens is 271 g/mol. The zero-order chi connectivity index (χ0) is 9.19. The molecule has 0 aliphatic rings. The van der Waals surface area contributed by atoms with Gasteiger partial charge in [0.25, 0.3) is 0 Å². The van der Waals surface area contributed by atoms with Gasteiger partial charge in [-0.2, -0.15) is 0 Å². The van der Waals surface area contributed by atoms with Crippen LogP contribution in [0.5, 0.6) is 0 Å². The second-order valence-electron chi connectivity index (χ2n) is 2.41. The summed E-state index contributed by atoms with van der Waals surface area (Å²) in [5.74, 6) is 0. The van der Waals surface area contributed by atoms with Crippen LogP contribution in [-0.2, 0) is 5.33 Å². The molecule has 0 saturated heterocycles. The van der Waals surface area contributed by atoms with Crippen LogP contribution >= 0.6 is 15.9 Å².